The maximum absolute atomic E-state index is 13.5. The summed E-state index contributed by atoms with van der Waals surface area (Å²) >= 11 is 6.57. The van der Waals surface area contributed by atoms with Crippen molar-refractivity contribution in [2.45, 2.75) is 26.3 Å². The number of rotatable bonds is 4. The number of likely N-dealkylation sites (tertiary alicyclic amines) is 1. The number of hydrogen-bond acceptors (Lipinski definition) is 4. The molecule has 5 rings (SSSR count). The molecule has 0 bridgehead atoms. The van der Waals surface area contributed by atoms with E-state index < -0.39 is 0 Å². The van der Waals surface area contributed by atoms with E-state index in [1.165, 1.54) is 11.6 Å². The Kier molecular flexibility index (Phi) is 5.91. The molecule has 2 aromatic heterocycles. The molecule has 0 aliphatic carbocycles. The second-order valence-corrected chi connectivity index (χ2v) is 9.67. The number of piperidine rings is 1. The van der Waals surface area contributed by atoms with Gasteiger partial charge in [0.15, 0.2) is 11.2 Å². The van der Waals surface area contributed by atoms with Crippen LogP contribution in [0.4, 0.5) is 0 Å². The predicted octanol–water partition coefficient (Wildman–Crippen LogP) is 3.86. The molecular weight excluding hydrogens is 450 g/mol. The van der Waals surface area contributed by atoms with Gasteiger partial charge in [-0.25, -0.2) is 9.78 Å². The second kappa shape index (κ2) is 8.89. The third kappa shape index (κ3) is 3.89. The van der Waals surface area contributed by atoms with Crippen LogP contribution in [0, 0.1) is 12.8 Å². The van der Waals surface area contributed by atoms with Gasteiger partial charge in [-0.3, -0.25) is 18.5 Å². The highest BCUT2D eigenvalue weighted by Crippen LogP contribution is 2.32. The Morgan fingerprint density at radius 1 is 1.00 bits per heavy atom. The van der Waals surface area contributed by atoms with E-state index >= 15 is 0 Å². The number of imidazole rings is 1. The molecule has 0 N–H and O–H groups in total. The number of benzene rings is 2. The first-order valence-electron chi connectivity index (χ1n) is 11.6. The zero-order valence-electron chi connectivity index (χ0n) is 19.7. The molecule has 0 atom stereocenters. The van der Waals surface area contributed by atoms with Crippen molar-refractivity contribution < 1.29 is 0 Å². The van der Waals surface area contributed by atoms with E-state index in [2.05, 4.69) is 11.9 Å². The van der Waals surface area contributed by atoms with Crippen molar-refractivity contribution in [1.82, 2.24) is 23.6 Å². The van der Waals surface area contributed by atoms with Crippen LogP contribution < -0.4 is 11.2 Å². The van der Waals surface area contributed by atoms with E-state index in [1.807, 2.05) is 54.0 Å². The first-order chi connectivity index (χ1) is 16.3. The molecule has 0 saturated carbocycles. The van der Waals surface area contributed by atoms with Crippen molar-refractivity contribution in [3.63, 3.8) is 0 Å². The summed E-state index contributed by atoms with van der Waals surface area (Å²) in [4.78, 5) is 34.0. The molecule has 0 amide bonds. The lowest BCUT2D eigenvalue weighted by Gasteiger charge is -2.29. The average molecular weight is 478 g/mol. The van der Waals surface area contributed by atoms with Crippen LogP contribution in [-0.2, 0) is 13.6 Å². The minimum Gasteiger partial charge on any atom is -0.306 e. The van der Waals surface area contributed by atoms with Gasteiger partial charge < -0.3 is 4.90 Å². The van der Waals surface area contributed by atoms with Crippen molar-refractivity contribution in [1.29, 1.82) is 0 Å². The molecule has 34 heavy (non-hydrogen) atoms. The van der Waals surface area contributed by atoms with Crippen LogP contribution in [0.25, 0.3) is 28.2 Å². The highest BCUT2D eigenvalue weighted by molar-refractivity contribution is 6.33. The molecule has 0 radical (unpaired) electrons. The molecule has 7 nitrogen and oxygen atoms in total. The lowest BCUT2D eigenvalue weighted by Crippen LogP contribution is -2.41. The van der Waals surface area contributed by atoms with E-state index in [4.69, 9.17) is 16.6 Å². The van der Waals surface area contributed by atoms with Crippen LogP contribution >= 0.6 is 11.6 Å². The van der Waals surface area contributed by atoms with Crippen LogP contribution in [0.2, 0.25) is 5.02 Å². The topological polar surface area (TPSA) is 65.1 Å². The Morgan fingerprint density at radius 3 is 2.35 bits per heavy atom. The molecule has 2 aromatic carbocycles. The SMILES string of the molecule is Cc1ccc(-n2c(-c3ccccc3Cl)nc3c2c(=O)n(C)c(=O)n3CC2CCN(C)CC2)cc1. The van der Waals surface area contributed by atoms with Crippen molar-refractivity contribution in [3.8, 4) is 17.1 Å². The summed E-state index contributed by atoms with van der Waals surface area (Å²) < 4.78 is 4.71. The van der Waals surface area contributed by atoms with E-state index in [9.17, 15) is 9.59 Å². The lowest BCUT2D eigenvalue weighted by molar-refractivity contribution is 0.204. The number of halogens is 1. The van der Waals surface area contributed by atoms with Crippen LogP contribution in [-0.4, -0.2) is 43.7 Å². The molecule has 3 heterocycles. The van der Waals surface area contributed by atoms with Crippen molar-refractivity contribution in [2.24, 2.45) is 13.0 Å². The standard InChI is InChI=1S/C26H28ClN5O2/c1-17-8-10-19(11-9-17)32-22-24(28-23(32)20-6-4-5-7-21(20)27)31(26(34)30(3)25(22)33)16-18-12-14-29(2)15-13-18/h4-11,18H,12-16H2,1-3H3. The largest absolute Gasteiger partial charge is 0.332 e. The van der Waals surface area contributed by atoms with E-state index in [1.54, 1.807) is 10.6 Å². The monoisotopic (exact) mass is 477 g/mol. The van der Waals surface area contributed by atoms with E-state index in [0.717, 1.165) is 37.2 Å². The fraction of sp³-hybridized carbons (Fsp3) is 0.346. The summed E-state index contributed by atoms with van der Waals surface area (Å²) in [6.07, 6.45) is 2.01. The van der Waals surface area contributed by atoms with Crippen molar-refractivity contribution >= 4 is 22.8 Å². The molecule has 8 heteroatoms. The molecule has 0 unspecified atom stereocenters. The van der Waals surface area contributed by atoms with E-state index in [0.29, 0.717) is 40.0 Å². The first kappa shape index (κ1) is 22.6. The maximum Gasteiger partial charge on any atom is 0.332 e. The smallest absolute Gasteiger partial charge is 0.306 e. The third-order valence-electron chi connectivity index (χ3n) is 6.83. The predicted molar refractivity (Wildman–Crippen MR) is 136 cm³/mol. The molecule has 1 aliphatic heterocycles. The highest BCUT2D eigenvalue weighted by atomic mass is 35.5. The minimum absolute atomic E-state index is 0.337. The van der Waals surface area contributed by atoms with Crippen LogP contribution in [0.3, 0.4) is 0 Å². The van der Waals surface area contributed by atoms with Crippen LogP contribution in [0.5, 0.6) is 0 Å². The summed E-state index contributed by atoms with van der Waals surface area (Å²) in [5.41, 5.74) is 2.70. The van der Waals surface area contributed by atoms with Gasteiger partial charge in [-0.2, -0.15) is 0 Å². The summed E-state index contributed by atoms with van der Waals surface area (Å²) in [6.45, 7) is 4.54. The summed E-state index contributed by atoms with van der Waals surface area (Å²) in [5.74, 6) is 0.896. The first-order valence-corrected chi connectivity index (χ1v) is 12.0. The number of aromatic nitrogens is 4. The molecule has 1 aliphatic rings. The Bertz CT molecular complexity index is 1470. The van der Waals surface area contributed by atoms with Gasteiger partial charge in [0.2, 0.25) is 0 Å². The third-order valence-corrected chi connectivity index (χ3v) is 7.16. The molecule has 0 spiro atoms. The van der Waals surface area contributed by atoms with E-state index in [-0.39, 0.29) is 11.2 Å². The van der Waals surface area contributed by atoms with Gasteiger partial charge in [0.1, 0.15) is 5.82 Å². The Labute approximate surface area is 202 Å². The highest BCUT2D eigenvalue weighted by Gasteiger charge is 2.25. The quantitative estimate of drug-likeness (QED) is 0.447. The fourth-order valence-corrected chi connectivity index (χ4v) is 4.96. The van der Waals surface area contributed by atoms with Gasteiger partial charge in [-0.15, -0.1) is 0 Å². The fourth-order valence-electron chi connectivity index (χ4n) is 4.74. The zero-order valence-corrected chi connectivity index (χ0v) is 20.4. The number of fused-ring (bicyclic) bond motifs is 1. The van der Waals surface area contributed by atoms with Gasteiger partial charge >= 0.3 is 5.69 Å². The Hall–Kier alpha value is -3.16. The minimum atomic E-state index is -0.369. The summed E-state index contributed by atoms with van der Waals surface area (Å²) in [6, 6.07) is 15.4. The summed E-state index contributed by atoms with van der Waals surface area (Å²) in [7, 11) is 3.66. The van der Waals surface area contributed by atoms with Crippen molar-refractivity contribution in [2.75, 3.05) is 20.1 Å². The molecule has 1 saturated heterocycles. The van der Waals surface area contributed by atoms with Gasteiger partial charge in [-0.05, 0) is 70.1 Å². The van der Waals surface area contributed by atoms with Gasteiger partial charge in [0, 0.05) is 24.8 Å². The number of hydrogen-bond donors (Lipinski definition) is 0. The number of nitrogens with zero attached hydrogens (tertiary/aromatic N) is 5. The zero-order chi connectivity index (χ0) is 24.0. The molecule has 4 aromatic rings. The van der Waals surface area contributed by atoms with Gasteiger partial charge in [-0.1, -0.05) is 41.4 Å². The van der Waals surface area contributed by atoms with Crippen LogP contribution in [0.15, 0.2) is 58.1 Å². The number of aryl methyl sites for hydroxylation is 1. The normalized spacial score (nSPS) is 15.3. The Morgan fingerprint density at radius 2 is 1.68 bits per heavy atom. The molecular formula is C26H28ClN5O2. The lowest BCUT2D eigenvalue weighted by atomic mass is 9.97. The van der Waals surface area contributed by atoms with Crippen molar-refractivity contribution in [3.05, 3.63) is 80.0 Å². The molecule has 176 valence electrons. The molecule has 1 fully saturated rings. The summed E-state index contributed by atoms with van der Waals surface area (Å²) in [5, 5.41) is 0.534. The van der Waals surface area contributed by atoms with Gasteiger partial charge in [0.05, 0.1) is 5.02 Å². The average Bonchev–Trinajstić information content (AvgIpc) is 3.23. The Balaban J connectivity index is 1.81. The van der Waals surface area contributed by atoms with Gasteiger partial charge in [0.25, 0.3) is 5.56 Å². The van der Waals surface area contributed by atoms with Crippen LogP contribution in [0.1, 0.15) is 18.4 Å². The maximum atomic E-state index is 13.5. The second-order valence-electron chi connectivity index (χ2n) is 9.26.